The van der Waals surface area contributed by atoms with Gasteiger partial charge in [-0.2, -0.15) is 0 Å². The largest absolute Gasteiger partial charge is 0.493 e. The maximum atomic E-state index is 11.6. The standard InChI is InChI=1S/C18H22N2O5/c1-22-15-8-13-14(9-16(15)23-2)20-17(10-19-13)25-12-6-4-11(5-7-12)18(21)24-3/h8-12H,4-7H2,1-3H3. The fourth-order valence-electron chi connectivity index (χ4n) is 3.13. The number of carbonyl (C=O) groups excluding carboxylic acids is 1. The van der Waals surface area contributed by atoms with Gasteiger partial charge in [0.25, 0.3) is 0 Å². The summed E-state index contributed by atoms with van der Waals surface area (Å²) in [7, 11) is 4.59. The second-order valence-electron chi connectivity index (χ2n) is 6.02. The minimum atomic E-state index is -0.134. The Morgan fingerprint density at radius 1 is 1.00 bits per heavy atom. The SMILES string of the molecule is COC(=O)C1CCC(Oc2cnc3cc(OC)c(OC)cc3n2)CC1. The second kappa shape index (κ2) is 7.55. The number of aromatic nitrogens is 2. The van der Waals surface area contributed by atoms with E-state index >= 15 is 0 Å². The van der Waals surface area contributed by atoms with Crippen LogP contribution in [-0.4, -0.2) is 43.4 Å². The summed E-state index contributed by atoms with van der Waals surface area (Å²) in [5.41, 5.74) is 1.39. The minimum Gasteiger partial charge on any atom is -0.493 e. The van der Waals surface area contributed by atoms with Crippen LogP contribution in [0.3, 0.4) is 0 Å². The van der Waals surface area contributed by atoms with Crippen molar-refractivity contribution in [2.45, 2.75) is 31.8 Å². The molecule has 3 rings (SSSR count). The molecule has 0 saturated heterocycles. The van der Waals surface area contributed by atoms with Crippen LogP contribution in [-0.2, 0) is 9.53 Å². The highest BCUT2D eigenvalue weighted by atomic mass is 16.5. The summed E-state index contributed by atoms with van der Waals surface area (Å²) in [5, 5.41) is 0. The molecule has 1 aliphatic carbocycles. The monoisotopic (exact) mass is 346 g/mol. The Morgan fingerprint density at radius 3 is 2.24 bits per heavy atom. The summed E-state index contributed by atoms with van der Waals surface area (Å²) in [6, 6.07) is 3.56. The third kappa shape index (κ3) is 3.75. The summed E-state index contributed by atoms with van der Waals surface area (Å²) in [6.45, 7) is 0. The lowest BCUT2D eigenvalue weighted by Crippen LogP contribution is -2.28. The van der Waals surface area contributed by atoms with Crippen LogP contribution in [0.25, 0.3) is 11.0 Å². The van der Waals surface area contributed by atoms with Gasteiger partial charge in [0.15, 0.2) is 11.5 Å². The van der Waals surface area contributed by atoms with Gasteiger partial charge < -0.3 is 18.9 Å². The van der Waals surface area contributed by atoms with Gasteiger partial charge in [-0.05, 0) is 25.7 Å². The van der Waals surface area contributed by atoms with Gasteiger partial charge in [-0.25, -0.2) is 9.97 Å². The Hall–Kier alpha value is -2.57. The number of rotatable bonds is 5. The van der Waals surface area contributed by atoms with Gasteiger partial charge in [-0.1, -0.05) is 0 Å². The van der Waals surface area contributed by atoms with Crippen LogP contribution in [0.15, 0.2) is 18.3 Å². The second-order valence-corrected chi connectivity index (χ2v) is 6.02. The lowest BCUT2D eigenvalue weighted by molar-refractivity contribution is -0.147. The summed E-state index contributed by atoms with van der Waals surface area (Å²) < 4.78 is 21.3. The first-order valence-electron chi connectivity index (χ1n) is 8.28. The van der Waals surface area contributed by atoms with Crippen LogP contribution >= 0.6 is 0 Å². The highest BCUT2D eigenvalue weighted by molar-refractivity contribution is 5.79. The normalized spacial score (nSPS) is 20.1. The topological polar surface area (TPSA) is 79.8 Å². The molecule has 25 heavy (non-hydrogen) atoms. The Balaban J connectivity index is 1.71. The summed E-state index contributed by atoms with van der Waals surface area (Å²) >= 11 is 0. The van der Waals surface area contributed by atoms with Crippen molar-refractivity contribution in [1.82, 2.24) is 9.97 Å². The molecule has 0 unspecified atom stereocenters. The van der Waals surface area contributed by atoms with Crippen molar-refractivity contribution in [1.29, 1.82) is 0 Å². The van der Waals surface area contributed by atoms with Crippen molar-refractivity contribution >= 4 is 17.0 Å². The van der Waals surface area contributed by atoms with E-state index in [0.717, 1.165) is 25.7 Å². The minimum absolute atomic E-state index is 0.0238. The average molecular weight is 346 g/mol. The molecule has 2 aromatic rings. The maximum Gasteiger partial charge on any atom is 0.308 e. The van der Waals surface area contributed by atoms with E-state index in [1.807, 2.05) is 0 Å². The fourth-order valence-corrected chi connectivity index (χ4v) is 3.13. The zero-order valence-corrected chi connectivity index (χ0v) is 14.7. The number of nitrogens with zero attached hydrogens (tertiary/aromatic N) is 2. The highest BCUT2D eigenvalue weighted by Gasteiger charge is 2.28. The van der Waals surface area contributed by atoms with Crippen LogP contribution in [0.1, 0.15) is 25.7 Å². The van der Waals surface area contributed by atoms with E-state index in [1.165, 1.54) is 7.11 Å². The number of carbonyl (C=O) groups is 1. The average Bonchev–Trinajstić information content (AvgIpc) is 2.66. The number of hydrogen-bond acceptors (Lipinski definition) is 7. The molecule has 7 nitrogen and oxygen atoms in total. The van der Waals surface area contributed by atoms with Gasteiger partial charge in [0.05, 0.1) is 44.5 Å². The highest BCUT2D eigenvalue weighted by Crippen LogP contribution is 2.32. The molecular weight excluding hydrogens is 324 g/mol. The van der Waals surface area contributed by atoms with Crippen LogP contribution < -0.4 is 14.2 Å². The molecule has 0 bridgehead atoms. The van der Waals surface area contributed by atoms with E-state index in [2.05, 4.69) is 9.97 Å². The summed E-state index contributed by atoms with van der Waals surface area (Å²) in [6.07, 6.45) is 4.78. The Bertz CT molecular complexity index is 756. The zero-order valence-electron chi connectivity index (χ0n) is 14.7. The molecule has 134 valence electrons. The number of ether oxygens (including phenoxy) is 4. The first-order valence-corrected chi connectivity index (χ1v) is 8.28. The Kier molecular flexibility index (Phi) is 5.21. The van der Waals surface area contributed by atoms with Crippen molar-refractivity contribution in [2.24, 2.45) is 5.92 Å². The van der Waals surface area contributed by atoms with Gasteiger partial charge in [-0.15, -0.1) is 0 Å². The lowest BCUT2D eigenvalue weighted by atomic mass is 9.87. The number of fused-ring (bicyclic) bond motifs is 1. The van der Waals surface area contributed by atoms with Crippen LogP contribution in [0, 0.1) is 5.92 Å². The van der Waals surface area contributed by atoms with E-state index in [1.54, 1.807) is 32.5 Å². The Morgan fingerprint density at radius 2 is 1.64 bits per heavy atom. The number of hydrogen-bond donors (Lipinski definition) is 0. The van der Waals surface area contributed by atoms with Crippen LogP contribution in [0.5, 0.6) is 17.4 Å². The molecule has 1 saturated carbocycles. The predicted octanol–water partition coefficient (Wildman–Crippen LogP) is 2.76. The lowest BCUT2D eigenvalue weighted by Gasteiger charge is -2.27. The number of benzene rings is 1. The third-order valence-electron chi connectivity index (χ3n) is 4.52. The van der Waals surface area contributed by atoms with Gasteiger partial charge in [0, 0.05) is 12.1 Å². The Labute approximate surface area is 146 Å². The van der Waals surface area contributed by atoms with E-state index in [4.69, 9.17) is 18.9 Å². The van der Waals surface area contributed by atoms with E-state index in [9.17, 15) is 4.79 Å². The zero-order chi connectivity index (χ0) is 17.8. The molecule has 1 aliphatic rings. The molecule has 1 aromatic carbocycles. The maximum absolute atomic E-state index is 11.6. The third-order valence-corrected chi connectivity index (χ3v) is 4.52. The first-order chi connectivity index (χ1) is 12.1. The van der Waals surface area contributed by atoms with Crippen molar-refractivity contribution in [3.63, 3.8) is 0 Å². The molecule has 0 N–H and O–H groups in total. The molecule has 0 radical (unpaired) electrons. The van der Waals surface area contributed by atoms with Crippen molar-refractivity contribution < 1.29 is 23.7 Å². The number of esters is 1. The molecule has 0 spiro atoms. The van der Waals surface area contributed by atoms with Crippen molar-refractivity contribution in [2.75, 3.05) is 21.3 Å². The molecule has 1 fully saturated rings. The fraction of sp³-hybridized carbons (Fsp3) is 0.500. The molecule has 1 heterocycles. The molecular formula is C18H22N2O5. The summed E-state index contributed by atoms with van der Waals surface area (Å²) in [4.78, 5) is 20.5. The van der Waals surface area contributed by atoms with Gasteiger partial charge in [0.1, 0.15) is 6.10 Å². The van der Waals surface area contributed by atoms with Crippen molar-refractivity contribution in [3.05, 3.63) is 18.3 Å². The number of methoxy groups -OCH3 is 3. The van der Waals surface area contributed by atoms with E-state index in [-0.39, 0.29) is 18.0 Å². The van der Waals surface area contributed by atoms with Crippen molar-refractivity contribution in [3.8, 4) is 17.4 Å². The van der Waals surface area contributed by atoms with E-state index < -0.39 is 0 Å². The molecule has 0 amide bonds. The van der Waals surface area contributed by atoms with Gasteiger partial charge >= 0.3 is 5.97 Å². The van der Waals surface area contributed by atoms with Gasteiger partial charge in [-0.3, -0.25) is 4.79 Å². The van der Waals surface area contributed by atoms with Crippen LogP contribution in [0.4, 0.5) is 0 Å². The molecule has 0 aliphatic heterocycles. The molecule has 7 heteroatoms. The van der Waals surface area contributed by atoms with Crippen LogP contribution in [0.2, 0.25) is 0 Å². The first kappa shape index (κ1) is 17.3. The van der Waals surface area contributed by atoms with Gasteiger partial charge in [0.2, 0.25) is 5.88 Å². The molecule has 0 atom stereocenters. The summed E-state index contributed by atoms with van der Waals surface area (Å²) in [5.74, 6) is 1.52. The quantitative estimate of drug-likeness (QED) is 0.770. The molecule has 1 aromatic heterocycles. The predicted molar refractivity (Wildman–Crippen MR) is 91.0 cm³/mol. The smallest absolute Gasteiger partial charge is 0.308 e. The van der Waals surface area contributed by atoms with E-state index in [0.29, 0.717) is 28.4 Å².